The van der Waals surface area contributed by atoms with E-state index in [0.29, 0.717) is 38.4 Å². The highest BCUT2D eigenvalue weighted by Crippen LogP contribution is 2.45. The predicted molar refractivity (Wildman–Crippen MR) is 125 cm³/mol. The van der Waals surface area contributed by atoms with Crippen molar-refractivity contribution in [2.45, 2.75) is 13.3 Å². The number of H-pyrrole nitrogens is 1. The monoisotopic (exact) mass is 450 g/mol. The maximum Gasteiger partial charge on any atom is 0.257 e. The van der Waals surface area contributed by atoms with Crippen molar-refractivity contribution in [2.24, 2.45) is 4.99 Å². The number of carbonyl (C=O) groups is 1. The standard InChI is InChI=1S/C24H26N4O5/c1-2-17(15-7-4-3-5-8-15)25-19-20(23(31)27-22(19)30)26-18-10-6-9-16(21(18)29)24(32)28-11-13-33-14-12-28/h3-10,26-27,29-31H,2,11-14H2,1H3. The number of rotatable bonds is 6. The molecule has 0 radical (unpaired) electrons. The second-order valence-electron chi connectivity index (χ2n) is 7.56. The first kappa shape index (κ1) is 22.2. The number of para-hydroxylation sites is 1. The number of aromatic amines is 1. The zero-order valence-electron chi connectivity index (χ0n) is 18.2. The predicted octanol–water partition coefficient (Wildman–Crippen LogP) is 3.88. The smallest absolute Gasteiger partial charge is 0.257 e. The fraction of sp³-hybridized carbons (Fsp3) is 0.250. The van der Waals surface area contributed by atoms with Gasteiger partial charge in [-0.25, -0.2) is 4.99 Å². The van der Waals surface area contributed by atoms with Crippen LogP contribution in [-0.2, 0) is 4.74 Å². The minimum absolute atomic E-state index is 0.0839. The van der Waals surface area contributed by atoms with Crippen molar-refractivity contribution in [3.05, 3.63) is 59.7 Å². The zero-order valence-corrected chi connectivity index (χ0v) is 18.2. The molecule has 1 fully saturated rings. The fourth-order valence-electron chi connectivity index (χ4n) is 3.69. The number of nitrogens with one attached hydrogen (secondary N) is 2. The average molecular weight is 450 g/mol. The van der Waals surface area contributed by atoms with Gasteiger partial charge in [-0.1, -0.05) is 43.3 Å². The first-order valence-corrected chi connectivity index (χ1v) is 10.7. The molecule has 0 atom stereocenters. The summed E-state index contributed by atoms with van der Waals surface area (Å²) in [7, 11) is 0. The maximum absolute atomic E-state index is 12.9. The molecule has 1 aromatic heterocycles. The van der Waals surface area contributed by atoms with Gasteiger partial charge in [0.2, 0.25) is 11.8 Å². The molecule has 2 aromatic carbocycles. The molecule has 0 aliphatic carbocycles. The first-order chi connectivity index (χ1) is 16.0. The summed E-state index contributed by atoms with van der Waals surface area (Å²) in [6.07, 6.45) is 0.587. The molecular weight excluding hydrogens is 424 g/mol. The second kappa shape index (κ2) is 9.66. The Hall–Kier alpha value is -3.98. The molecule has 1 aliphatic rings. The molecule has 0 saturated carbocycles. The highest BCUT2D eigenvalue weighted by molar-refractivity contribution is 6.04. The van der Waals surface area contributed by atoms with E-state index in [1.807, 2.05) is 37.3 Å². The van der Waals surface area contributed by atoms with E-state index in [9.17, 15) is 20.1 Å². The van der Waals surface area contributed by atoms with Gasteiger partial charge in [0.15, 0.2) is 11.4 Å². The van der Waals surface area contributed by atoms with Crippen LogP contribution in [0.4, 0.5) is 17.1 Å². The highest BCUT2D eigenvalue weighted by Gasteiger charge is 2.24. The van der Waals surface area contributed by atoms with Crippen LogP contribution in [0.5, 0.6) is 17.5 Å². The molecule has 4 rings (SSSR count). The third kappa shape index (κ3) is 4.63. The summed E-state index contributed by atoms with van der Waals surface area (Å²) in [6.45, 7) is 3.73. The molecule has 0 bridgehead atoms. The van der Waals surface area contributed by atoms with Crippen LogP contribution in [0, 0.1) is 0 Å². The summed E-state index contributed by atoms with van der Waals surface area (Å²) in [5.74, 6) is -1.24. The lowest BCUT2D eigenvalue weighted by molar-refractivity contribution is 0.0301. The molecule has 1 amide bonds. The van der Waals surface area contributed by atoms with E-state index < -0.39 is 0 Å². The number of phenols is 1. The average Bonchev–Trinajstić information content (AvgIpc) is 3.11. The Balaban J connectivity index is 1.68. The Morgan fingerprint density at radius 2 is 1.79 bits per heavy atom. The van der Waals surface area contributed by atoms with Gasteiger partial charge >= 0.3 is 0 Å². The van der Waals surface area contributed by atoms with Crippen LogP contribution in [0.15, 0.2) is 53.5 Å². The minimum Gasteiger partial charge on any atom is -0.505 e. The Bertz CT molecular complexity index is 1170. The molecule has 3 aromatic rings. The van der Waals surface area contributed by atoms with Crippen LogP contribution in [0.1, 0.15) is 29.3 Å². The number of ether oxygens (including phenoxy) is 1. The molecule has 0 unspecified atom stereocenters. The summed E-state index contributed by atoms with van der Waals surface area (Å²) in [4.78, 5) is 21.5. The van der Waals surface area contributed by atoms with Crippen LogP contribution in [0.2, 0.25) is 0 Å². The molecule has 0 spiro atoms. The number of aromatic hydroxyl groups is 3. The van der Waals surface area contributed by atoms with Crippen LogP contribution >= 0.6 is 0 Å². The number of phenolic OH excluding ortho intramolecular Hbond substituents is 1. The van der Waals surface area contributed by atoms with E-state index in [0.717, 1.165) is 5.56 Å². The van der Waals surface area contributed by atoms with Crippen LogP contribution in [-0.4, -0.2) is 63.1 Å². The number of amides is 1. The normalized spacial score (nSPS) is 14.3. The van der Waals surface area contributed by atoms with Crippen molar-refractivity contribution >= 4 is 28.7 Å². The number of aromatic nitrogens is 1. The molecule has 1 aliphatic heterocycles. The Kier molecular flexibility index (Phi) is 6.50. The number of aliphatic imine (C=N–C) groups is 1. The summed E-state index contributed by atoms with van der Waals surface area (Å²) in [6, 6.07) is 14.2. The second-order valence-corrected chi connectivity index (χ2v) is 7.56. The number of anilines is 2. The molecule has 5 N–H and O–H groups in total. The molecule has 2 heterocycles. The maximum atomic E-state index is 12.9. The number of nitrogens with zero attached hydrogens (tertiary/aromatic N) is 2. The summed E-state index contributed by atoms with van der Waals surface area (Å²) in [5.41, 5.74) is 2.08. The van der Waals surface area contributed by atoms with Crippen LogP contribution in [0.25, 0.3) is 0 Å². The summed E-state index contributed by atoms with van der Waals surface area (Å²) >= 11 is 0. The molecule has 9 nitrogen and oxygen atoms in total. The van der Waals surface area contributed by atoms with Gasteiger partial charge < -0.3 is 30.3 Å². The molecule has 172 valence electrons. The van der Waals surface area contributed by atoms with Crippen LogP contribution < -0.4 is 5.32 Å². The number of carbonyl (C=O) groups excluding carboxylic acids is 1. The molecular formula is C24H26N4O5. The lowest BCUT2D eigenvalue weighted by atomic mass is 10.1. The van der Waals surface area contributed by atoms with Crippen molar-refractivity contribution < 1.29 is 24.9 Å². The van der Waals surface area contributed by atoms with Gasteiger partial charge in [-0.2, -0.15) is 0 Å². The van der Waals surface area contributed by atoms with E-state index in [2.05, 4.69) is 15.3 Å². The Morgan fingerprint density at radius 3 is 2.48 bits per heavy atom. The minimum atomic E-state index is -0.348. The SMILES string of the molecule is CCC(=Nc1c(O)[nH]c(O)c1Nc1cccc(C(=O)N2CCOCC2)c1O)c1ccccc1. The van der Waals surface area contributed by atoms with Gasteiger partial charge in [-0.15, -0.1) is 0 Å². The molecule has 9 heteroatoms. The molecule has 1 saturated heterocycles. The number of morpholine rings is 1. The van der Waals surface area contributed by atoms with E-state index in [1.54, 1.807) is 17.0 Å². The lowest BCUT2D eigenvalue weighted by Gasteiger charge is -2.27. The zero-order chi connectivity index (χ0) is 23.4. The van der Waals surface area contributed by atoms with Gasteiger partial charge in [-0.05, 0) is 24.1 Å². The Labute approximate surface area is 191 Å². The number of hydrogen-bond donors (Lipinski definition) is 5. The lowest BCUT2D eigenvalue weighted by Crippen LogP contribution is -2.40. The van der Waals surface area contributed by atoms with E-state index in [-0.39, 0.29) is 46.0 Å². The van der Waals surface area contributed by atoms with Crippen molar-refractivity contribution in [3.63, 3.8) is 0 Å². The van der Waals surface area contributed by atoms with E-state index in [1.165, 1.54) is 6.07 Å². The van der Waals surface area contributed by atoms with Crippen molar-refractivity contribution in [3.8, 4) is 17.5 Å². The van der Waals surface area contributed by atoms with Crippen LogP contribution in [0.3, 0.4) is 0 Å². The topological polar surface area (TPSA) is 130 Å². The van der Waals surface area contributed by atoms with Gasteiger partial charge in [0.1, 0.15) is 5.69 Å². The fourth-order valence-corrected chi connectivity index (χ4v) is 3.69. The van der Waals surface area contributed by atoms with Crippen molar-refractivity contribution in [2.75, 3.05) is 31.6 Å². The van der Waals surface area contributed by atoms with Crippen molar-refractivity contribution in [1.82, 2.24) is 9.88 Å². The largest absolute Gasteiger partial charge is 0.505 e. The first-order valence-electron chi connectivity index (χ1n) is 10.7. The quantitative estimate of drug-likeness (QED) is 0.286. The van der Waals surface area contributed by atoms with Gasteiger partial charge in [0, 0.05) is 18.8 Å². The Morgan fingerprint density at radius 1 is 1.06 bits per heavy atom. The van der Waals surface area contributed by atoms with E-state index >= 15 is 0 Å². The van der Waals surface area contributed by atoms with E-state index in [4.69, 9.17) is 4.74 Å². The third-order valence-corrected chi connectivity index (χ3v) is 5.45. The highest BCUT2D eigenvalue weighted by atomic mass is 16.5. The van der Waals surface area contributed by atoms with Gasteiger partial charge in [0.25, 0.3) is 5.91 Å². The number of hydrogen-bond acceptors (Lipinski definition) is 7. The summed E-state index contributed by atoms with van der Waals surface area (Å²) < 4.78 is 5.28. The number of benzene rings is 2. The molecule has 33 heavy (non-hydrogen) atoms. The van der Waals surface area contributed by atoms with Gasteiger partial charge in [-0.3, -0.25) is 9.78 Å². The summed E-state index contributed by atoms with van der Waals surface area (Å²) in [5, 5.41) is 34.5. The van der Waals surface area contributed by atoms with Crippen molar-refractivity contribution in [1.29, 1.82) is 0 Å². The van der Waals surface area contributed by atoms with Gasteiger partial charge in [0.05, 0.1) is 24.5 Å². The third-order valence-electron chi connectivity index (χ3n) is 5.45.